The fourth-order valence-corrected chi connectivity index (χ4v) is 1.81. The molecule has 0 aliphatic heterocycles. The molecule has 0 atom stereocenters. The Kier molecular flexibility index (Phi) is 6.99. The van der Waals surface area contributed by atoms with Crippen molar-refractivity contribution in [2.24, 2.45) is 0 Å². The lowest BCUT2D eigenvalue weighted by atomic mass is 10.2. The minimum Gasteiger partial charge on any atom is -0.481 e. The molecule has 6 nitrogen and oxygen atoms in total. The zero-order valence-electron chi connectivity index (χ0n) is 10.7. The summed E-state index contributed by atoms with van der Waals surface area (Å²) in [6.45, 7) is 0. The number of carbonyl (C=O) groups is 3. The minimum atomic E-state index is -0.887. The summed E-state index contributed by atoms with van der Waals surface area (Å²) in [5.74, 6) is -1.31. The molecule has 0 spiro atoms. The Balaban J connectivity index is 2.26. The van der Waals surface area contributed by atoms with Gasteiger partial charge in [-0.3, -0.25) is 14.9 Å². The minimum absolute atomic E-state index is 0.0299. The fraction of sp³-hybridized carbons (Fsp3) is 0.308. The van der Waals surface area contributed by atoms with Crippen LogP contribution in [0, 0.1) is 3.57 Å². The Bertz CT molecular complexity index is 488. The molecule has 3 amide bonds. The van der Waals surface area contributed by atoms with E-state index in [1.807, 2.05) is 12.1 Å². The van der Waals surface area contributed by atoms with E-state index >= 15 is 0 Å². The number of hydrogen-bond acceptors (Lipinski definition) is 3. The highest BCUT2D eigenvalue weighted by Crippen LogP contribution is 2.10. The molecule has 7 heteroatoms. The van der Waals surface area contributed by atoms with E-state index in [-0.39, 0.29) is 12.8 Å². The van der Waals surface area contributed by atoms with Crippen molar-refractivity contribution < 1.29 is 19.5 Å². The summed E-state index contributed by atoms with van der Waals surface area (Å²) in [4.78, 5) is 33.2. The molecule has 1 aromatic carbocycles. The van der Waals surface area contributed by atoms with E-state index in [4.69, 9.17) is 5.11 Å². The second kappa shape index (κ2) is 8.51. The van der Waals surface area contributed by atoms with E-state index in [1.165, 1.54) is 0 Å². The van der Waals surface area contributed by atoms with E-state index in [0.717, 1.165) is 3.57 Å². The van der Waals surface area contributed by atoms with Crippen molar-refractivity contribution >= 4 is 46.2 Å². The number of amides is 3. The Morgan fingerprint density at radius 2 is 1.65 bits per heavy atom. The van der Waals surface area contributed by atoms with Gasteiger partial charge in [-0.15, -0.1) is 0 Å². The number of benzene rings is 1. The van der Waals surface area contributed by atoms with Gasteiger partial charge in [0.2, 0.25) is 5.91 Å². The molecule has 1 aromatic rings. The Labute approximate surface area is 130 Å². The van der Waals surface area contributed by atoms with Gasteiger partial charge in [0.05, 0.1) is 0 Å². The first kappa shape index (κ1) is 16.4. The van der Waals surface area contributed by atoms with E-state index in [0.29, 0.717) is 18.5 Å². The Hall–Kier alpha value is -1.64. The van der Waals surface area contributed by atoms with Gasteiger partial charge in [-0.25, -0.2) is 4.79 Å². The van der Waals surface area contributed by atoms with Crippen LogP contribution >= 0.6 is 22.6 Å². The molecule has 0 unspecified atom stereocenters. The smallest absolute Gasteiger partial charge is 0.325 e. The number of nitrogens with one attached hydrogen (secondary N) is 2. The molecular weight excluding hydrogens is 375 g/mol. The van der Waals surface area contributed by atoms with E-state index in [9.17, 15) is 14.4 Å². The zero-order valence-corrected chi connectivity index (χ0v) is 12.8. The van der Waals surface area contributed by atoms with Gasteiger partial charge < -0.3 is 10.4 Å². The maximum absolute atomic E-state index is 11.5. The van der Waals surface area contributed by atoms with Crippen LogP contribution in [0.2, 0.25) is 0 Å². The van der Waals surface area contributed by atoms with Gasteiger partial charge in [-0.1, -0.05) is 0 Å². The van der Waals surface area contributed by atoms with Gasteiger partial charge >= 0.3 is 12.0 Å². The summed E-state index contributed by atoms with van der Waals surface area (Å²) in [7, 11) is 0. The van der Waals surface area contributed by atoms with Crippen molar-refractivity contribution in [3.63, 3.8) is 0 Å². The maximum atomic E-state index is 11.5. The molecule has 0 aliphatic carbocycles. The third-order valence-electron chi connectivity index (χ3n) is 2.40. The van der Waals surface area contributed by atoms with Gasteiger partial charge in [0, 0.05) is 22.1 Å². The fourth-order valence-electron chi connectivity index (χ4n) is 1.45. The predicted molar refractivity (Wildman–Crippen MR) is 82.4 cm³/mol. The van der Waals surface area contributed by atoms with Crippen molar-refractivity contribution in [3.8, 4) is 0 Å². The van der Waals surface area contributed by atoms with Crippen LogP contribution < -0.4 is 10.6 Å². The number of hydrogen-bond donors (Lipinski definition) is 3. The Morgan fingerprint density at radius 3 is 2.25 bits per heavy atom. The second-order valence-corrected chi connectivity index (χ2v) is 5.36. The largest absolute Gasteiger partial charge is 0.481 e. The molecule has 0 radical (unpaired) electrons. The number of carbonyl (C=O) groups excluding carboxylic acids is 2. The molecule has 0 fully saturated rings. The highest BCUT2D eigenvalue weighted by molar-refractivity contribution is 14.1. The molecule has 0 aromatic heterocycles. The average molecular weight is 390 g/mol. The first-order valence-electron chi connectivity index (χ1n) is 6.05. The molecule has 20 heavy (non-hydrogen) atoms. The number of rotatable bonds is 6. The maximum Gasteiger partial charge on any atom is 0.325 e. The van der Waals surface area contributed by atoms with Crippen molar-refractivity contribution in [1.29, 1.82) is 0 Å². The van der Waals surface area contributed by atoms with Crippen molar-refractivity contribution in [2.75, 3.05) is 5.32 Å². The first-order chi connectivity index (χ1) is 9.47. The first-order valence-corrected chi connectivity index (χ1v) is 7.13. The summed E-state index contributed by atoms with van der Waals surface area (Å²) in [6.07, 6.45) is 1.02. The predicted octanol–water partition coefficient (Wildman–Crippen LogP) is 2.58. The normalized spacial score (nSPS) is 9.85. The molecule has 0 aliphatic rings. The van der Waals surface area contributed by atoms with Crippen LogP contribution in [0.3, 0.4) is 0 Å². The highest BCUT2D eigenvalue weighted by Gasteiger charge is 2.08. The number of unbranched alkanes of at least 4 members (excludes halogenated alkanes) is 1. The molecule has 0 saturated carbocycles. The summed E-state index contributed by atoms with van der Waals surface area (Å²) in [5.41, 5.74) is 0.599. The SMILES string of the molecule is O=C(O)CCCCC(=O)NC(=O)Nc1ccc(I)cc1. The number of urea groups is 1. The van der Waals surface area contributed by atoms with Crippen LogP contribution in [0.15, 0.2) is 24.3 Å². The topological polar surface area (TPSA) is 95.5 Å². The number of carboxylic acid groups (broad SMARTS) is 1. The van der Waals surface area contributed by atoms with E-state index in [2.05, 4.69) is 33.2 Å². The van der Waals surface area contributed by atoms with Crippen LogP contribution in [-0.2, 0) is 9.59 Å². The molecule has 0 saturated heterocycles. The van der Waals surface area contributed by atoms with Gasteiger partial charge in [0.1, 0.15) is 0 Å². The molecule has 3 N–H and O–H groups in total. The number of imide groups is 1. The third kappa shape index (κ3) is 7.07. The van der Waals surface area contributed by atoms with Gasteiger partial charge in [0.25, 0.3) is 0 Å². The summed E-state index contributed by atoms with van der Waals surface area (Å²) in [5, 5.41) is 13.2. The summed E-state index contributed by atoms with van der Waals surface area (Å²) in [6, 6.07) is 6.56. The lowest BCUT2D eigenvalue weighted by molar-refractivity contribution is -0.137. The third-order valence-corrected chi connectivity index (χ3v) is 3.12. The monoisotopic (exact) mass is 390 g/mol. The molecule has 108 valence electrons. The Morgan fingerprint density at radius 1 is 1.05 bits per heavy atom. The molecule has 0 bridgehead atoms. The van der Waals surface area contributed by atoms with Crippen molar-refractivity contribution in [2.45, 2.75) is 25.7 Å². The summed E-state index contributed by atoms with van der Waals surface area (Å²) >= 11 is 2.15. The van der Waals surface area contributed by atoms with E-state index in [1.54, 1.807) is 12.1 Å². The standard InChI is InChI=1S/C13H15IN2O4/c14-9-5-7-10(8-6-9)15-13(20)16-11(17)3-1-2-4-12(18)19/h5-8H,1-4H2,(H,18,19)(H2,15,16,17,20). The quantitative estimate of drug-likeness (QED) is 0.514. The zero-order chi connectivity index (χ0) is 15.0. The van der Waals surface area contributed by atoms with Gasteiger partial charge in [-0.2, -0.15) is 0 Å². The number of carboxylic acids is 1. The molecule has 0 heterocycles. The van der Waals surface area contributed by atoms with Crippen LogP contribution in [0.4, 0.5) is 10.5 Å². The van der Waals surface area contributed by atoms with E-state index < -0.39 is 17.9 Å². The van der Waals surface area contributed by atoms with Crippen LogP contribution in [0.5, 0.6) is 0 Å². The van der Waals surface area contributed by atoms with Crippen LogP contribution in [0.1, 0.15) is 25.7 Å². The van der Waals surface area contributed by atoms with Gasteiger partial charge in [0.15, 0.2) is 0 Å². The number of halogens is 1. The molecular formula is C13H15IN2O4. The lowest BCUT2D eigenvalue weighted by Gasteiger charge is -2.06. The van der Waals surface area contributed by atoms with Crippen LogP contribution in [0.25, 0.3) is 0 Å². The lowest BCUT2D eigenvalue weighted by Crippen LogP contribution is -2.34. The highest BCUT2D eigenvalue weighted by atomic mass is 127. The average Bonchev–Trinajstić information content (AvgIpc) is 2.37. The second-order valence-electron chi connectivity index (χ2n) is 4.11. The summed E-state index contributed by atoms with van der Waals surface area (Å²) < 4.78 is 1.04. The van der Waals surface area contributed by atoms with Crippen molar-refractivity contribution in [3.05, 3.63) is 27.8 Å². The van der Waals surface area contributed by atoms with Gasteiger partial charge in [-0.05, 0) is 59.7 Å². The number of aliphatic carboxylic acids is 1. The molecule has 1 rings (SSSR count). The van der Waals surface area contributed by atoms with Crippen LogP contribution in [-0.4, -0.2) is 23.0 Å². The van der Waals surface area contributed by atoms with Crippen molar-refractivity contribution in [1.82, 2.24) is 5.32 Å². The number of anilines is 1.